The molecule has 0 aromatic heterocycles. The van der Waals surface area contributed by atoms with E-state index in [-0.39, 0.29) is 0 Å². The van der Waals surface area contributed by atoms with Gasteiger partial charge in [0, 0.05) is 6.42 Å². The lowest BCUT2D eigenvalue weighted by atomic mass is 10.2. The minimum absolute atomic E-state index is 0.440. The first-order chi connectivity index (χ1) is 5.81. The monoisotopic (exact) mass is 166 g/mol. The molecule has 0 aliphatic carbocycles. The van der Waals surface area contributed by atoms with Crippen LogP contribution in [0, 0.1) is 0 Å². The van der Waals surface area contributed by atoms with Gasteiger partial charge in [0.05, 0.1) is 5.76 Å². The van der Waals surface area contributed by atoms with Crippen molar-refractivity contribution in [3.05, 3.63) is 36.6 Å². The Bertz CT molecular complexity index is 166. The summed E-state index contributed by atoms with van der Waals surface area (Å²) >= 11 is 0. The highest BCUT2D eigenvalue weighted by Crippen LogP contribution is 1.99. The maximum Gasteiger partial charge on any atom is 0.0919 e. The number of hydrogen-bond donors (Lipinski definition) is 1. The van der Waals surface area contributed by atoms with E-state index in [1.807, 2.05) is 19.1 Å². The Labute approximate surface area is 75.1 Å². The smallest absolute Gasteiger partial charge is 0.0919 e. The summed E-state index contributed by atoms with van der Waals surface area (Å²) in [5, 5.41) is 9.05. The van der Waals surface area contributed by atoms with Crippen LogP contribution in [-0.2, 0) is 0 Å². The average Bonchev–Trinajstić information content (AvgIpc) is 2.10. The van der Waals surface area contributed by atoms with Gasteiger partial charge >= 0.3 is 0 Å². The first-order valence-electron chi connectivity index (χ1n) is 4.46. The van der Waals surface area contributed by atoms with E-state index in [1.165, 1.54) is 0 Å². The fourth-order valence-corrected chi connectivity index (χ4v) is 0.773. The molecule has 0 saturated carbocycles. The summed E-state index contributed by atoms with van der Waals surface area (Å²) in [6.07, 6.45) is 11.6. The van der Waals surface area contributed by atoms with E-state index in [1.54, 1.807) is 6.08 Å². The van der Waals surface area contributed by atoms with Gasteiger partial charge in [-0.05, 0) is 25.3 Å². The fourth-order valence-electron chi connectivity index (χ4n) is 0.773. The fraction of sp³-hybridized carbons (Fsp3) is 0.455. The van der Waals surface area contributed by atoms with Crippen LogP contribution in [0.2, 0.25) is 0 Å². The lowest BCUT2D eigenvalue weighted by molar-refractivity contribution is 0.395. The molecular weight excluding hydrogens is 148 g/mol. The van der Waals surface area contributed by atoms with Gasteiger partial charge in [0.2, 0.25) is 0 Å². The second kappa shape index (κ2) is 8.12. The number of aliphatic hydroxyl groups excluding tert-OH is 1. The molecule has 1 nitrogen and oxygen atoms in total. The third-order valence-electron chi connectivity index (χ3n) is 1.57. The predicted octanol–water partition coefficient (Wildman–Crippen LogP) is 3.75. The number of allylic oxidation sites excluding steroid dienone is 5. The van der Waals surface area contributed by atoms with Crippen LogP contribution in [0.25, 0.3) is 0 Å². The number of aliphatic hydroxyl groups is 1. The molecule has 0 aromatic carbocycles. The molecule has 0 unspecified atom stereocenters. The van der Waals surface area contributed by atoms with E-state index in [0.717, 1.165) is 19.3 Å². The van der Waals surface area contributed by atoms with Gasteiger partial charge in [-0.1, -0.05) is 25.2 Å². The Morgan fingerprint density at radius 1 is 1.42 bits per heavy atom. The van der Waals surface area contributed by atoms with Crippen LogP contribution < -0.4 is 0 Å². The van der Waals surface area contributed by atoms with Crippen molar-refractivity contribution >= 4 is 0 Å². The lowest BCUT2D eigenvalue weighted by Gasteiger charge is -1.89. The van der Waals surface area contributed by atoms with Crippen LogP contribution in [-0.4, -0.2) is 5.11 Å². The van der Waals surface area contributed by atoms with Crippen LogP contribution >= 0.6 is 0 Å². The molecule has 0 amide bonds. The minimum atomic E-state index is 0.440. The number of rotatable bonds is 6. The molecular formula is C11H18O. The van der Waals surface area contributed by atoms with Gasteiger partial charge in [-0.25, -0.2) is 0 Å². The summed E-state index contributed by atoms with van der Waals surface area (Å²) in [6.45, 7) is 5.57. The summed E-state index contributed by atoms with van der Waals surface area (Å²) < 4.78 is 0. The predicted molar refractivity (Wildman–Crippen MR) is 54.2 cm³/mol. The molecule has 68 valence electrons. The van der Waals surface area contributed by atoms with Gasteiger partial charge < -0.3 is 5.11 Å². The molecule has 0 aliphatic rings. The van der Waals surface area contributed by atoms with Crippen molar-refractivity contribution in [2.24, 2.45) is 0 Å². The van der Waals surface area contributed by atoms with Crippen molar-refractivity contribution in [2.75, 3.05) is 0 Å². The van der Waals surface area contributed by atoms with Crippen LogP contribution in [0.4, 0.5) is 0 Å². The van der Waals surface area contributed by atoms with E-state index in [4.69, 9.17) is 5.11 Å². The van der Waals surface area contributed by atoms with E-state index in [9.17, 15) is 0 Å². The highest BCUT2D eigenvalue weighted by molar-refractivity contribution is 5.06. The summed E-state index contributed by atoms with van der Waals surface area (Å²) in [4.78, 5) is 0. The van der Waals surface area contributed by atoms with E-state index >= 15 is 0 Å². The van der Waals surface area contributed by atoms with Gasteiger partial charge in [0.25, 0.3) is 0 Å². The quantitative estimate of drug-likeness (QED) is 0.276. The van der Waals surface area contributed by atoms with Crippen molar-refractivity contribution in [2.45, 2.75) is 32.6 Å². The SMILES string of the molecule is C=CCCC/C=C/C=C(/O)CC. The molecule has 0 heterocycles. The van der Waals surface area contributed by atoms with E-state index in [2.05, 4.69) is 12.7 Å². The van der Waals surface area contributed by atoms with E-state index in [0.29, 0.717) is 12.2 Å². The molecule has 0 rings (SSSR count). The molecule has 0 atom stereocenters. The molecule has 1 heteroatoms. The Balaban J connectivity index is 3.42. The van der Waals surface area contributed by atoms with Crippen molar-refractivity contribution in [1.82, 2.24) is 0 Å². The van der Waals surface area contributed by atoms with Gasteiger partial charge in [-0.3, -0.25) is 0 Å². The second-order valence-electron chi connectivity index (χ2n) is 2.66. The molecule has 12 heavy (non-hydrogen) atoms. The molecule has 0 aromatic rings. The van der Waals surface area contributed by atoms with Crippen molar-refractivity contribution < 1.29 is 5.11 Å². The molecule has 0 radical (unpaired) electrons. The standard InChI is InChI=1S/C11H18O/c1-3-5-6-7-8-9-10-11(12)4-2/h3,8-10,12H,1,4-7H2,2H3/b9-8+,11-10+. The highest BCUT2D eigenvalue weighted by Gasteiger charge is 1.81. The van der Waals surface area contributed by atoms with Gasteiger partial charge in [0.1, 0.15) is 0 Å². The molecule has 1 N–H and O–H groups in total. The third-order valence-corrected chi connectivity index (χ3v) is 1.57. The first-order valence-corrected chi connectivity index (χ1v) is 4.46. The normalized spacial score (nSPS) is 12.2. The lowest BCUT2D eigenvalue weighted by Crippen LogP contribution is -1.73. The van der Waals surface area contributed by atoms with Crippen molar-refractivity contribution in [3.63, 3.8) is 0 Å². The maximum atomic E-state index is 9.05. The highest BCUT2D eigenvalue weighted by atomic mass is 16.3. The van der Waals surface area contributed by atoms with Gasteiger partial charge in [0.15, 0.2) is 0 Å². The third kappa shape index (κ3) is 7.13. The van der Waals surface area contributed by atoms with Gasteiger partial charge in [-0.15, -0.1) is 6.58 Å². The molecule has 0 spiro atoms. The van der Waals surface area contributed by atoms with E-state index < -0.39 is 0 Å². The number of hydrogen-bond acceptors (Lipinski definition) is 1. The minimum Gasteiger partial charge on any atom is -0.512 e. The Morgan fingerprint density at radius 2 is 2.17 bits per heavy atom. The van der Waals surface area contributed by atoms with Crippen molar-refractivity contribution in [1.29, 1.82) is 0 Å². The zero-order valence-electron chi connectivity index (χ0n) is 7.79. The zero-order chi connectivity index (χ0) is 9.23. The van der Waals surface area contributed by atoms with Crippen molar-refractivity contribution in [3.8, 4) is 0 Å². The summed E-state index contributed by atoms with van der Waals surface area (Å²) in [5.41, 5.74) is 0. The average molecular weight is 166 g/mol. The van der Waals surface area contributed by atoms with Crippen LogP contribution in [0.5, 0.6) is 0 Å². The van der Waals surface area contributed by atoms with Crippen LogP contribution in [0.1, 0.15) is 32.6 Å². The Morgan fingerprint density at radius 3 is 2.75 bits per heavy atom. The van der Waals surface area contributed by atoms with Crippen LogP contribution in [0.15, 0.2) is 36.6 Å². The summed E-state index contributed by atoms with van der Waals surface area (Å²) in [5.74, 6) is 0.440. The largest absolute Gasteiger partial charge is 0.512 e. The summed E-state index contributed by atoms with van der Waals surface area (Å²) in [6, 6.07) is 0. The second-order valence-corrected chi connectivity index (χ2v) is 2.66. The molecule has 0 bridgehead atoms. The first kappa shape index (κ1) is 11.0. The summed E-state index contributed by atoms with van der Waals surface area (Å²) in [7, 11) is 0. The topological polar surface area (TPSA) is 20.2 Å². The van der Waals surface area contributed by atoms with Crippen LogP contribution in [0.3, 0.4) is 0 Å². The maximum absolute atomic E-state index is 9.05. The molecule has 0 aliphatic heterocycles. The molecule has 0 fully saturated rings. The number of unbranched alkanes of at least 4 members (excludes halogenated alkanes) is 2. The van der Waals surface area contributed by atoms with Gasteiger partial charge in [-0.2, -0.15) is 0 Å². The Kier molecular flexibility index (Phi) is 7.46. The molecule has 0 saturated heterocycles. The zero-order valence-corrected chi connectivity index (χ0v) is 7.79. The Hall–Kier alpha value is -0.980.